The number of nitrogen functional groups attached to an aromatic ring is 1. The third-order valence-electron chi connectivity index (χ3n) is 3.46. The Bertz CT molecular complexity index is 638. The molecular formula is C17H20N2O2. The third kappa shape index (κ3) is 3.34. The Morgan fingerprint density at radius 1 is 1.14 bits per heavy atom. The van der Waals surface area contributed by atoms with Crippen LogP contribution in [-0.4, -0.2) is 13.1 Å². The zero-order valence-electron chi connectivity index (χ0n) is 12.3. The second-order valence-electron chi connectivity index (χ2n) is 4.74. The van der Waals surface area contributed by atoms with E-state index in [1.807, 2.05) is 12.1 Å². The summed E-state index contributed by atoms with van der Waals surface area (Å²) in [6, 6.07) is 13.4. The van der Waals surface area contributed by atoms with E-state index in [1.165, 1.54) is 18.2 Å². The smallest absolute Gasteiger partial charge is 0.340 e. The van der Waals surface area contributed by atoms with Gasteiger partial charge >= 0.3 is 5.97 Å². The van der Waals surface area contributed by atoms with Crippen molar-refractivity contribution in [2.75, 3.05) is 18.2 Å². The molecule has 0 atom stereocenters. The summed E-state index contributed by atoms with van der Waals surface area (Å²) in [4.78, 5) is 11.8. The average Bonchev–Trinajstić information content (AvgIpc) is 2.53. The highest BCUT2D eigenvalue weighted by Gasteiger charge is 2.14. The Kier molecular flexibility index (Phi) is 4.82. The molecule has 4 nitrogen and oxygen atoms in total. The molecule has 0 radical (unpaired) electrons. The SMILES string of the molecule is CCc1ccccc1CNc1c(N)cccc1C(=O)OC. The van der Waals surface area contributed by atoms with Crippen LogP contribution in [0.25, 0.3) is 0 Å². The molecule has 21 heavy (non-hydrogen) atoms. The molecule has 0 fully saturated rings. The zero-order chi connectivity index (χ0) is 15.2. The molecule has 0 amide bonds. The van der Waals surface area contributed by atoms with Gasteiger partial charge in [0.15, 0.2) is 0 Å². The normalized spacial score (nSPS) is 10.2. The number of hydrogen-bond acceptors (Lipinski definition) is 4. The highest BCUT2D eigenvalue weighted by molar-refractivity contribution is 5.98. The Balaban J connectivity index is 2.26. The number of carbonyl (C=O) groups is 1. The molecule has 2 aromatic rings. The summed E-state index contributed by atoms with van der Waals surface area (Å²) in [7, 11) is 1.36. The van der Waals surface area contributed by atoms with Gasteiger partial charge in [0, 0.05) is 6.54 Å². The summed E-state index contributed by atoms with van der Waals surface area (Å²) in [5.41, 5.74) is 10.1. The van der Waals surface area contributed by atoms with Crippen LogP contribution in [0, 0.1) is 0 Å². The first-order chi connectivity index (χ1) is 10.2. The molecule has 110 valence electrons. The van der Waals surface area contributed by atoms with Gasteiger partial charge in [-0.3, -0.25) is 0 Å². The van der Waals surface area contributed by atoms with Crippen LogP contribution < -0.4 is 11.1 Å². The molecule has 4 heteroatoms. The number of carbonyl (C=O) groups excluding carboxylic acids is 1. The quantitative estimate of drug-likeness (QED) is 0.653. The minimum absolute atomic E-state index is 0.395. The third-order valence-corrected chi connectivity index (χ3v) is 3.46. The predicted octanol–water partition coefficient (Wildman–Crippen LogP) is 3.23. The minimum atomic E-state index is -0.395. The van der Waals surface area contributed by atoms with Gasteiger partial charge in [-0.05, 0) is 29.7 Å². The lowest BCUT2D eigenvalue weighted by atomic mass is 10.0. The van der Waals surface area contributed by atoms with Crippen molar-refractivity contribution < 1.29 is 9.53 Å². The van der Waals surface area contributed by atoms with Gasteiger partial charge in [0.25, 0.3) is 0 Å². The Labute approximate surface area is 124 Å². The van der Waals surface area contributed by atoms with Gasteiger partial charge in [-0.1, -0.05) is 37.3 Å². The zero-order valence-corrected chi connectivity index (χ0v) is 12.3. The highest BCUT2D eigenvalue weighted by Crippen LogP contribution is 2.25. The van der Waals surface area contributed by atoms with Gasteiger partial charge in [-0.2, -0.15) is 0 Å². The summed E-state index contributed by atoms with van der Waals surface area (Å²) in [6.45, 7) is 2.73. The van der Waals surface area contributed by atoms with E-state index in [0.717, 1.165) is 6.42 Å². The maximum atomic E-state index is 11.8. The van der Waals surface area contributed by atoms with E-state index in [0.29, 0.717) is 23.5 Å². The number of rotatable bonds is 5. The maximum Gasteiger partial charge on any atom is 0.340 e. The number of hydrogen-bond donors (Lipinski definition) is 2. The summed E-state index contributed by atoms with van der Waals surface area (Å²) in [6.07, 6.45) is 0.964. The van der Waals surface area contributed by atoms with Crippen molar-refractivity contribution in [2.24, 2.45) is 0 Å². The molecular weight excluding hydrogens is 264 g/mol. The molecule has 0 aromatic heterocycles. The molecule has 0 unspecified atom stereocenters. The monoisotopic (exact) mass is 284 g/mol. The first-order valence-electron chi connectivity index (χ1n) is 6.94. The van der Waals surface area contributed by atoms with E-state index in [9.17, 15) is 4.79 Å². The van der Waals surface area contributed by atoms with Crippen molar-refractivity contribution in [3.63, 3.8) is 0 Å². The standard InChI is InChI=1S/C17H20N2O2/c1-3-12-7-4-5-8-13(12)11-19-16-14(17(20)21-2)9-6-10-15(16)18/h4-10,19H,3,11,18H2,1-2H3. The van der Waals surface area contributed by atoms with Crippen LogP contribution >= 0.6 is 0 Å². The summed E-state index contributed by atoms with van der Waals surface area (Å²) in [5, 5.41) is 3.26. The van der Waals surface area contributed by atoms with E-state index in [4.69, 9.17) is 10.5 Å². The van der Waals surface area contributed by atoms with Crippen LogP contribution in [0.3, 0.4) is 0 Å². The van der Waals surface area contributed by atoms with Crippen LogP contribution in [-0.2, 0) is 17.7 Å². The largest absolute Gasteiger partial charge is 0.465 e. The molecule has 0 saturated heterocycles. The fraction of sp³-hybridized carbons (Fsp3) is 0.235. The number of nitrogens with one attached hydrogen (secondary N) is 1. The van der Waals surface area contributed by atoms with Gasteiger partial charge in [-0.15, -0.1) is 0 Å². The number of aryl methyl sites for hydroxylation is 1. The van der Waals surface area contributed by atoms with E-state index in [1.54, 1.807) is 18.2 Å². The second kappa shape index (κ2) is 6.79. The number of ether oxygens (including phenoxy) is 1. The topological polar surface area (TPSA) is 64.3 Å². The number of anilines is 2. The molecule has 0 aliphatic carbocycles. The molecule has 3 N–H and O–H groups in total. The molecule has 0 aliphatic rings. The second-order valence-corrected chi connectivity index (χ2v) is 4.74. The average molecular weight is 284 g/mol. The van der Waals surface area contributed by atoms with Gasteiger partial charge in [0.2, 0.25) is 0 Å². The molecule has 0 heterocycles. The first-order valence-corrected chi connectivity index (χ1v) is 6.94. The lowest BCUT2D eigenvalue weighted by molar-refractivity contribution is 0.0602. The van der Waals surface area contributed by atoms with Gasteiger partial charge < -0.3 is 15.8 Å². The van der Waals surface area contributed by atoms with Crippen molar-refractivity contribution in [1.82, 2.24) is 0 Å². The van der Waals surface area contributed by atoms with Crippen LogP contribution in [0.1, 0.15) is 28.4 Å². The van der Waals surface area contributed by atoms with E-state index in [2.05, 4.69) is 24.4 Å². The van der Waals surface area contributed by atoms with Crippen molar-refractivity contribution in [3.8, 4) is 0 Å². The van der Waals surface area contributed by atoms with Crippen LogP contribution in [0.5, 0.6) is 0 Å². The van der Waals surface area contributed by atoms with Gasteiger partial charge in [-0.25, -0.2) is 4.79 Å². The molecule has 0 aliphatic heterocycles. The van der Waals surface area contributed by atoms with Crippen molar-refractivity contribution in [1.29, 1.82) is 0 Å². The maximum absolute atomic E-state index is 11.8. The number of para-hydroxylation sites is 1. The molecule has 0 bridgehead atoms. The fourth-order valence-corrected chi connectivity index (χ4v) is 2.31. The lowest BCUT2D eigenvalue weighted by Crippen LogP contribution is -2.11. The van der Waals surface area contributed by atoms with Crippen molar-refractivity contribution in [2.45, 2.75) is 19.9 Å². The highest BCUT2D eigenvalue weighted by atomic mass is 16.5. The minimum Gasteiger partial charge on any atom is -0.465 e. The van der Waals surface area contributed by atoms with Crippen molar-refractivity contribution in [3.05, 3.63) is 59.2 Å². The van der Waals surface area contributed by atoms with Gasteiger partial charge in [0.1, 0.15) is 0 Å². The Morgan fingerprint density at radius 3 is 2.52 bits per heavy atom. The fourth-order valence-electron chi connectivity index (χ4n) is 2.31. The van der Waals surface area contributed by atoms with E-state index in [-0.39, 0.29) is 0 Å². The molecule has 2 rings (SSSR count). The lowest BCUT2D eigenvalue weighted by Gasteiger charge is -2.15. The molecule has 2 aromatic carbocycles. The summed E-state index contributed by atoms with van der Waals surface area (Å²) in [5.74, 6) is -0.395. The van der Waals surface area contributed by atoms with Crippen LogP contribution in [0.15, 0.2) is 42.5 Å². The van der Waals surface area contributed by atoms with E-state index >= 15 is 0 Å². The summed E-state index contributed by atoms with van der Waals surface area (Å²) < 4.78 is 4.79. The molecule has 0 saturated carbocycles. The van der Waals surface area contributed by atoms with Crippen molar-refractivity contribution >= 4 is 17.3 Å². The van der Waals surface area contributed by atoms with Gasteiger partial charge in [0.05, 0.1) is 24.0 Å². The number of methoxy groups -OCH3 is 1. The predicted molar refractivity (Wildman–Crippen MR) is 85.3 cm³/mol. The van der Waals surface area contributed by atoms with E-state index < -0.39 is 5.97 Å². The Morgan fingerprint density at radius 2 is 1.86 bits per heavy atom. The molecule has 0 spiro atoms. The number of esters is 1. The summed E-state index contributed by atoms with van der Waals surface area (Å²) >= 11 is 0. The first kappa shape index (κ1) is 14.9. The van der Waals surface area contributed by atoms with Crippen LogP contribution in [0.2, 0.25) is 0 Å². The number of nitrogens with two attached hydrogens (primary N) is 1. The van der Waals surface area contributed by atoms with Crippen LogP contribution in [0.4, 0.5) is 11.4 Å². The number of benzene rings is 2. The Hall–Kier alpha value is -2.49.